The lowest BCUT2D eigenvalue weighted by Crippen LogP contribution is -2.14. The molecule has 1 saturated heterocycles. The Kier molecular flexibility index (Phi) is 4.07. The summed E-state index contributed by atoms with van der Waals surface area (Å²) in [5, 5.41) is 8.74. The predicted molar refractivity (Wildman–Crippen MR) is 91.0 cm³/mol. The van der Waals surface area contributed by atoms with Gasteiger partial charge in [0.1, 0.15) is 11.4 Å². The Morgan fingerprint density at radius 2 is 2.00 bits per heavy atom. The van der Waals surface area contributed by atoms with Gasteiger partial charge in [0.15, 0.2) is 5.65 Å². The maximum Gasteiger partial charge on any atom is 0.416 e. The third-order valence-corrected chi connectivity index (χ3v) is 4.62. The van der Waals surface area contributed by atoms with Crippen LogP contribution in [-0.2, 0) is 6.18 Å². The number of fused-ring (bicyclic) bond motifs is 1. The molecule has 3 heterocycles. The molecule has 1 aliphatic rings. The largest absolute Gasteiger partial charge is 0.495 e. The number of hydrogen-bond donors (Lipinski definition) is 1. The van der Waals surface area contributed by atoms with Crippen molar-refractivity contribution in [1.29, 1.82) is 0 Å². The number of pyridine rings is 1. The van der Waals surface area contributed by atoms with Gasteiger partial charge in [0, 0.05) is 12.1 Å². The van der Waals surface area contributed by atoms with Crippen LogP contribution in [0.15, 0.2) is 36.5 Å². The van der Waals surface area contributed by atoms with Crippen molar-refractivity contribution in [3.63, 3.8) is 0 Å². The van der Waals surface area contributed by atoms with E-state index in [-0.39, 0.29) is 6.04 Å². The Balaban J connectivity index is 1.85. The second kappa shape index (κ2) is 6.28. The normalized spacial score (nSPS) is 17.8. The first-order valence-corrected chi connectivity index (χ1v) is 8.28. The number of rotatable bonds is 3. The quantitative estimate of drug-likeness (QED) is 0.773. The summed E-state index contributed by atoms with van der Waals surface area (Å²) in [7, 11) is 1.55. The molecule has 1 aliphatic heterocycles. The first-order valence-electron chi connectivity index (χ1n) is 8.28. The fourth-order valence-electron chi connectivity index (χ4n) is 3.25. The van der Waals surface area contributed by atoms with Crippen LogP contribution in [0.5, 0.6) is 5.75 Å². The fraction of sp³-hybridized carbons (Fsp3) is 0.333. The average Bonchev–Trinajstić information content (AvgIpc) is 3.28. The van der Waals surface area contributed by atoms with E-state index in [1.807, 2.05) is 10.7 Å². The van der Waals surface area contributed by atoms with Crippen LogP contribution in [0.1, 0.15) is 18.0 Å². The molecule has 5 nitrogen and oxygen atoms in total. The zero-order valence-corrected chi connectivity index (χ0v) is 14.0. The Morgan fingerprint density at radius 1 is 1.23 bits per heavy atom. The van der Waals surface area contributed by atoms with E-state index in [0.29, 0.717) is 22.7 Å². The van der Waals surface area contributed by atoms with Gasteiger partial charge in [-0.2, -0.15) is 18.3 Å². The molecule has 1 atom stereocenters. The van der Waals surface area contributed by atoms with Gasteiger partial charge >= 0.3 is 6.18 Å². The highest BCUT2D eigenvalue weighted by molar-refractivity contribution is 5.92. The Labute approximate surface area is 147 Å². The Bertz CT molecular complexity index is 928. The van der Waals surface area contributed by atoms with Gasteiger partial charge in [0.25, 0.3) is 0 Å². The number of alkyl halides is 3. The smallest absolute Gasteiger partial charge is 0.416 e. The molecule has 1 unspecified atom stereocenters. The molecule has 3 aromatic rings. The minimum Gasteiger partial charge on any atom is -0.495 e. The molecule has 26 heavy (non-hydrogen) atoms. The maximum absolute atomic E-state index is 12.8. The molecule has 0 spiro atoms. The van der Waals surface area contributed by atoms with Gasteiger partial charge in [-0.25, -0.2) is 9.67 Å². The van der Waals surface area contributed by atoms with E-state index in [9.17, 15) is 13.2 Å². The molecule has 8 heteroatoms. The third kappa shape index (κ3) is 2.90. The third-order valence-electron chi connectivity index (χ3n) is 4.62. The molecule has 1 N–H and O–H groups in total. The average molecular weight is 362 g/mol. The van der Waals surface area contributed by atoms with Crippen LogP contribution in [-0.4, -0.2) is 35.0 Å². The van der Waals surface area contributed by atoms with Crippen molar-refractivity contribution in [3.8, 4) is 17.0 Å². The summed E-state index contributed by atoms with van der Waals surface area (Å²) in [6.07, 6.45) is -1.81. The predicted octanol–water partition coefficient (Wildman–Crippen LogP) is 3.66. The van der Waals surface area contributed by atoms with Gasteiger partial charge in [-0.1, -0.05) is 12.1 Å². The molecule has 4 rings (SSSR count). The second-order valence-electron chi connectivity index (χ2n) is 6.26. The van der Waals surface area contributed by atoms with Crippen LogP contribution in [0.2, 0.25) is 0 Å². The van der Waals surface area contributed by atoms with Gasteiger partial charge in [-0.3, -0.25) is 0 Å². The lowest BCUT2D eigenvalue weighted by Gasteiger charge is -2.09. The topological polar surface area (TPSA) is 52.0 Å². The standard InChI is InChI=1S/C18H17F3N4O/c1-26-14-8-15-16(11-2-4-12(5-3-11)18(19,20)21)24-25(17(15)23-10-14)13-6-7-22-9-13/h2-5,8,10,13,22H,6-7,9H2,1H3. The summed E-state index contributed by atoms with van der Waals surface area (Å²) in [6.45, 7) is 1.69. The van der Waals surface area contributed by atoms with Crippen LogP contribution < -0.4 is 10.1 Å². The van der Waals surface area contributed by atoms with E-state index in [0.717, 1.165) is 37.0 Å². The van der Waals surface area contributed by atoms with Crippen LogP contribution >= 0.6 is 0 Å². The minimum absolute atomic E-state index is 0.168. The van der Waals surface area contributed by atoms with Gasteiger partial charge in [-0.05, 0) is 31.2 Å². The van der Waals surface area contributed by atoms with E-state index in [1.165, 1.54) is 12.1 Å². The van der Waals surface area contributed by atoms with E-state index >= 15 is 0 Å². The van der Waals surface area contributed by atoms with E-state index in [4.69, 9.17) is 4.74 Å². The van der Waals surface area contributed by atoms with Crippen LogP contribution in [0.25, 0.3) is 22.3 Å². The minimum atomic E-state index is -4.36. The lowest BCUT2D eigenvalue weighted by atomic mass is 10.1. The first-order chi connectivity index (χ1) is 12.5. The monoisotopic (exact) mass is 362 g/mol. The molecule has 0 bridgehead atoms. The molecule has 0 saturated carbocycles. The summed E-state index contributed by atoms with van der Waals surface area (Å²) < 4.78 is 45.6. The zero-order chi connectivity index (χ0) is 18.3. The number of nitrogens with one attached hydrogen (secondary N) is 1. The van der Waals surface area contributed by atoms with E-state index < -0.39 is 11.7 Å². The van der Waals surface area contributed by atoms with Gasteiger partial charge in [0.2, 0.25) is 0 Å². The summed E-state index contributed by atoms with van der Waals surface area (Å²) in [4.78, 5) is 4.47. The molecule has 1 aromatic carbocycles. The number of aromatic nitrogens is 3. The van der Waals surface area contributed by atoms with Crippen molar-refractivity contribution in [3.05, 3.63) is 42.1 Å². The summed E-state index contributed by atoms with van der Waals surface area (Å²) in [5.41, 5.74) is 1.24. The van der Waals surface area contributed by atoms with Crippen molar-refractivity contribution in [2.75, 3.05) is 20.2 Å². The maximum atomic E-state index is 12.8. The molecular formula is C18H17F3N4O. The number of hydrogen-bond acceptors (Lipinski definition) is 4. The molecule has 2 aromatic heterocycles. The molecule has 0 aliphatic carbocycles. The number of methoxy groups -OCH3 is 1. The number of ether oxygens (including phenoxy) is 1. The van der Waals surface area contributed by atoms with E-state index in [1.54, 1.807) is 13.3 Å². The number of benzene rings is 1. The first kappa shape index (κ1) is 16.8. The van der Waals surface area contributed by atoms with Crippen LogP contribution in [0.3, 0.4) is 0 Å². The second-order valence-corrected chi connectivity index (χ2v) is 6.26. The van der Waals surface area contributed by atoms with Crippen molar-refractivity contribution in [1.82, 2.24) is 20.1 Å². The molecule has 0 amide bonds. The molecule has 0 radical (unpaired) electrons. The van der Waals surface area contributed by atoms with E-state index in [2.05, 4.69) is 15.4 Å². The van der Waals surface area contributed by atoms with Crippen molar-refractivity contribution < 1.29 is 17.9 Å². The fourth-order valence-corrected chi connectivity index (χ4v) is 3.25. The van der Waals surface area contributed by atoms with Gasteiger partial charge < -0.3 is 10.1 Å². The summed E-state index contributed by atoms with van der Waals surface area (Å²) >= 11 is 0. The van der Waals surface area contributed by atoms with Gasteiger partial charge in [-0.15, -0.1) is 0 Å². The number of nitrogens with zero attached hydrogens (tertiary/aromatic N) is 3. The summed E-state index contributed by atoms with van der Waals surface area (Å²) in [6, 6.07) is 7.03. The number of halogens is 3. The highest BCUT2D eigenvalue weighted by Crippen LogP contribution is 2.34. The zero-order valence-electron chi connectivity index (χ0n) is 14.0. The lowest BCUT2D eigenvalue weighted by molar-refractivity contribution is -0.137. The molecule has 1 fully saturated rings. The highest BCUT2D eigenvalue weighted by atomic mass is 19.4. The summed E-state index contributed by atoms with van der Waals surface area (Å²) in [5.74, 6) is 0.578. The van der Waals surface area contributed by atoms with Crippen LogP contribution in [0, 0.1) is 0 Å². The molecule has 136 valence electrons. The Morgan fingerprint density at radius 3 is 2.62 bits per heavy atom. The molecular weight excluding hydrogens is 345 g/mol. The highest BCUT2D eigenvalue weighted by Gasteiger charge is 2.30. The van der Waals surface area contributed by atoms with Crippen LogP contribution in [0.4, 0.5) is 13.2 Å². The Hall–Kier alpha value is -2.61. The van der Waals surface area contributed by atoms with Crippen molar-refractivity contribution >= 4 is 11.0 Å². The van der Waals surface area contributed by atoms with Crippen molar-refractivity contribution in [2.24, 2.45) is 0 Å². The van der Waals surface area contributed by atoms with Gasteiger partial charge in [0.05, 0.1) is 30.3 Å². The SMILES string of the molecule is COc1cnc2c(c1)c(-c1ccc(C(F)(F)F)cc1)nn2C1CCNC1. The van der Waals surface area contributed by atoms with Crippen molar-refractivity contribution in [2.45, 2.75) is 18.6 Å².